The van der Waals surface area contributed by atoms with Gasteiger partial charge in [0.05, 0.1) is 24.6 Å². The molecule has 0 bridgehead atoms. The number of rotatable bonds is 10. The van der Waals surface area contributed by atoms with Crippen molar-refractivity contribution in [1.82, 2.24) is 30.3 Å². The number of hydrogen-bond acceptors (Lipinski definition) is 11. The Labute approximate surface area is 275 Å². The first kappa shape index (κ1) is 31.5. The highest BCUT2D eigenvalue weighted by atomic mass is 79.9. The summed E-state index contributed by atoms with van der Waals surface area (Å²) in [5, 5.41) is 20.1. The first-order valence-corrected chi connectivity index (χ1v) is 17.1. The number of carboxylic acid groups (broad SMARTS) is 1. The van der Waals surface area contributed by atoms with Crippen molar-refractivity contribution in [1.29, 1.82) is 0 Å². The van der Waals surface area contributed by atoms with Gasteiger partial charge < -0.3 is 25.4 Å². The highest BCUT2D eigenvalue weighted by molar-refractivity contribution is 9.10. The predicted octanol–water partition coefficient (Wildman–Crippen LogP) is 3.70. The van der Waals surface area contributed by atoms with E-state index in [4.69, 9.17) is 14.8 Å². The lowest BCUT2D eigenvalue weighted by Crippen LogP contribution is -2.53. The largest absolute Gasteiger partial charge is 0.481 e. The molecular formula is C29H31BrFN7O5S2. The number of ether oxygens (including phenoxy) is 1. The van der Waals surface area contributed by atoms with Crippen molar-refractivity contribution in [2.24, 2.45) is 4.99 Å². The van der Waals surface area contributed by atoms with E-state index in [-0.39, 0.29) is 30.6 Å². The highest BCUT2D eigenvalue weighted by Crippen LogP contribution is 2.38. The molecule has 3 atom stereocenters. The molecule has 1 aromatic heterocycles. The Kier molecular flexibility index (Phi) is 9.44. The minimum Gasteiger partial charge on any atom is -0.481 e. The van der Waals surface area contributed by atoms with Crippen LogP contribution in [0.15, 0.2) is 61.6 Å². The number of amides is 2. The number of urea groups is 1. The SMILES string of the molecule is CCOC(=O)C1=C(CN2CCN3C(=O)N(C4NC(CCC(=O)O)=CS4)CC3C2)NC(c2nccs2)=N[C@H]1c1ccc(F)cc1Br. The van der Waals surface area contributed by atoms with E-state index in [0.717, 1.165) is 5.70 Å². The summed E-state index contributed by atoms with van der Waals surface area (Å²) < 4.78 is 20.0. The average Bonchev–Trinajstić information content (AvgIpc) is 3.77. The highest BCUT2D eigenvalue weighted by Gasteiger charge is 2.45. The van der Waals surface area contributed by atoms with Crippen LogP contribution in [0.1, 0.15) is 36.4 Å². The Hall–Kier alpha value is -3.47. The van der Waals surface area contributed by atoms with Crippen molar-refractivity contribution >= 4 is 62.8 Å². The topological polar surface area (TPSA) is 140 Å². The fourth-order valence-corrected chi connectivity index (χ4v) is 8.00. The minimum atomic E-state index is -0.865. The van der Waals surface area contributed by atoms with Gasteiger partial charge in [-0.3, -0.25) is 19.6 Å². The molecule has 0 radical (unpaired) electrons. The number of thiazole rings is 1. The summed E-state index contributed by atoms with van der Waals surface area (Å²) in [7, 11) is 0. The lowest BCUT2D eigenvalue weighted by atomic mass is 9.95. The lowest BCUT2D eigenvalue weighted by Gasteiger charge is -2.38. The molecule has 2 unspecified atom stereocenters. The molecule has 1 aromatic carbocycles. The smallest absolute Gasteiger partial charge is 0.338 e. The van der Waals surface area contributed by atoms with E-state index in [9.17, 15) is 18.8 Å². The summed E-state index contributed by atoms with van der Waals surface area (Å²) in [5.74, 6) is -1.29. The van der Waals surface area contributed by atoms with Gasteiger partial charge in [-0.15, -0.1) is 11.3 Å². The molecule has 5 heterocycles. The Morgan fingerprint density at radius 1 is 1.24 bits per heavy atom. The van der Waals surface area contributed by atoms with Crippen LogP contribution < -0.4 is 10.6 Å². The molecule has 0 spiro atoms. The van der Waals surface area contributed by atoms with Gasteiger partial charge >= 0.3 is 18.0 Å². The summed E-state index contributed by atoms with van der Waals surface area (Å²) in [5.41, 5.74) is 2.10. The Morgan fingerprint density at radius 3 is 2.82 bits per heavy atom. The number of thioether (sulfide) groups is 1. The van der Waals surface area contributed by atoms with E-state index in [1.54, 1.807) is 24.1 Å². The van der Waals surface area contributed by atoms with Crippen LogP contribution in [0.5, 0.6) is 0 Å². The first-order valence-electron chi connectivity index (χ1n) is 14.4. The first-order chi connectivity index (χ1) is 21.7. The molecule has 16 heteroatoms. The molecule has 6 rings (SSSR count). The van der Waals surface area contributed by atoms with Gasteiger partial charge in [0.1, 0.15) is 11.9 Å². The van der Waals surface area contributed by atoms with E-state index in [0.29, 0.717) is 71.3 Å². The van der Waals surface area contributed by atoms with Crippen molar-refractivity contribution < 1.29 is 28.6 Å². The third-order valence-corrected chi connectivity index (χ3v) is 10.4. The number of piperazine rings is 1. The molecule has 2 saturated heterocycles. The summed E-state index contributed by atoms with van der Waals surface area (Å²) in [4.78, 5) is 53.0. The summed E-state index contributed by atoms with van der Waals surface area (Å²) >= 11 is 6.35. The number of fused-ring (bicyclic) bond motifs is 1. The van der Waals surface area contributed by atoms with Crippen molar-refractivity contribution in [3.05, 3.63) is 73.0 Å². The molecule has 4 aliphatic rings. The minimum absolute atomic E-state index is 0.0232. The lowest BCUT2D eigenvalue weighted by molar-refractivity contribution is -0.139. The van der Waals surface area contributed by atoms with Crippen LogP contribution in [0.2, 0.25) is 0 Å². The molecule has 45 heavy (non-hydrogen) atoms. The van der Waals surface area contributed by atoms with Crippen LogP contribution in [0.25, 0.3) is 0 Å². The van der Waals surface area contributed by atoms with Crippen LogP contribution in [-0.4, -0.2) is 99.5 Å². The number of carbonyl (C=O) groups excluding carboxylic acids is 2. The molecular weight excluding hydrogens is 689 g/mol. The number of allylic oxidation sites excluding steroid dienone is 1. The van der Waals surface area contributed by atoms with Crippen LogP contribution >= 0.6 is 39.0 Å². The second kappa shape index (κ2) is 13.5. The summed E-state index contributed by atoms with van der Waals surface area (Å²) in [6.45, 7) is 4.46. The number of nitrogens with one attached hydrogen (secondary N) is 2. The predicted molar refractivity (Wildman–Crippen MR) is 171 cm³/mol. The van der Waals surface area contributed by atoms with Gasteiger partial charge in [-0.2, -0.15) is 0 Å². The van der Waals surface area contributed by atoms with Gasteiger partial charge in [-0.1, -0.05) is 33.8 Å². The Bertz CT molecular complexity index is 1590. The zero-order chi connectivity index (χ0) is 31.7. The van der Waals surface area contributed by atoms with E-state index in [1.807, 2.05) is 15.7 Å². The molecule has 4 aliphatic heterocycles. The molecule has 2 aromatic rings. The molecule has 0 aliphatic carbocycles. The van der Waals surface area contributed by atoms with Gasteiger partial charge in [-0.25, -0.2) is 19.0 Å². The zero-order valence-electron chi connectivity index (χ0n) is 24.2. The zero-order valence-corrected chi connectivity index (χ0v) is 27.5. The second-order valence-corrected chi connectivity index (χ2v) is 13.5. The maximum atomic E-state index is 14.1. The van der Waals surface area contributed by atoms with Gasteiger partial charge in [-0.05, 0) is 36.4 Å². The van der Waals surface area contributed by atoms with Crippen molar-refractivity contribution in [3.63, 3.8) is 0 Å². The maximum Gasteiger partial charge on any atom is 0.338 e. The number of hydrogen-bond donors (Lipinski definition) is 3. The third-order valence-electron chi connectivity index (χ3n) is 7.90. The van der Waals surface area contributed by atoms with Crippen molar-refractivity contribution in [2.75, 3.05) is 39.3 Å². The van der Waals surface area contributed by atoms with Gasteiger partial charge in [0, 0.05) is 60.2 Å². The molecule has 2 fully saturated rings. The van der Waals surface area contributed by atoms with E-state index < -0.39 is 23.8 Å². The summed E-state index contributed by atoms with van der Waals surface area (Å²) in [6, 6.07) is 3.41. The van der Waals surface area contributed by atoms with Crippen LogP contribution in [0.3, 0.4) is 0 Å². The third kappa shape index (κ3) is 6.73. The fraction of sp³-hybridized carbons (Fsp3) is 0.414. The van der Waals surface area contributed by atoms with Crippen LogP contribution in [0.4, 0.5) is 9.18 Å². The number of carbonyl (C=O) groups is 3. The number of esters is 1. The van der Waals surface area contributed by atoms with Crippen molar-refractivity contribution in [3.8, 4) is 0 Å². The summed E-state index contributed by atoms with van der Waals surface area (Å²) in [6.07, 6.45) is 2.09. The Morgan fingerprint density at radius 2 is 2.09 bits per heavy atom. The van der Waals surface area contributed by atoms with E-state index >= 15 is 0 Å². The van der Waals surface area contributed by atoms with Gasteiger partial charge in [0.2, 0.25) is 0 Å². The Balaban J connectivity index is 1.23. The van der Waals surface area contributed by atoms with Crippen LogP contribution in [0, 0.1) is 5.82 Å². The number of halogens is 2. The number of aliphatic imine (C=N–C) groups is 1. The average molecular weight is 721 g/mol. The number of aliphatic carboxylic acids is 1. The van der Waals surface area contributed by atoms with Gasteiger partial charge in [0.15, 0.2) is 16.3 Å². The van der Waals surface area contributed by atoms with E-state index in [1.165, 1.54) is 35.2 Å². The standard InChI is InChI=1S/C29H31BrFN7O5S2/c1-2-43-27(41)23-21(34-25(26-32-7-10-44-26)35-24(23)19-5-3-16(31)11-20(19)30)14-36-8-9-37-18(12-36)13-38(29(37)42)28-33-17(15-45-28)4-6-22(39)40/h3,5,7,10-11,15,18,24,28,33H,2,4,6,8-9,12-14H2,1H3,(H,34,35)(H,39,40)/t18?,24-,28?/m0/s1. The fourth-order valence-electron chi connectivity index (χ4n) is 5.83. The second-order valence-electron chi connectivity index (χ2n) is 10.8. The molecule has 0 saturated carbocycles. The van der Waals surface area contributed by atoms with E-state index in [2.05, 4.69) is 36.4 Å². The van der Waals surface area contributed by atoms with Crippen LogP contribution in [-0.2, 0) is 14.3 Å². The molecule has 12 nitrogen and oxygen atoms in total. The number of aromatic nitrogens is 1. The maximum absolute atomic E-state index is 14.1. The number of benzene rings is 1. The monoisotopic (exact) mass is 719 g/mol. The normalized spacial score (nSPS) is 23.4. The number of nitrogens with zero attached hydrogens (tertiary/aromatic N) is 5. The quantitative estimate of drug-likeness (QED) is 0.312. The van der Waals surface area contributed by atoms with Gasteiger partial charge in [0.25, 0.3) is 0 Å². The number of amidine groups is 1. The molecule has 2 amide bonds. The number of carboxylic acids is 1. The van der Waals surface area contributed by atoms with Crippen molar-refractivity contribution in [2.45, 2.75) is 37.3 Å². The molecule has 238 valence electrons. The molecule has 3 N–H and O–H groups in total.